The smallest absolute Gasteiger partial charge is 0.0540 e. The summed E-state index contributed by atoms with van der Waals surface area (Å²) in [7, 11) is 0. The average Bonchev–Trinajstić information content (AvgIpc) is 3.81. The summed E-state index contributed by atoms with van der Waals surface area (Å²) in [5, 5.41) is 14.9. The molecule has 12 aromatic rings. The van der Waals surface area contributed by atoms with Gasteiger partial charge in [0.1, 0.15) is 0 Å². The van der Waals surface area contributed by atoms with Crippen molar-refractivity contribution in [2.75, 3.05) is 9.80 Å². The van der Waals surface area contributed by atoms with Gasteiger partial charge in [-0.15, -0.1) is 0 Å². The minimum absolute atomic E-state index is 0.00997. The Morgan fingerprint density at radius 3 is 1.59 bits per heavy atom. The van der Waals surface area contributed by atoms with Crippen LogP contribution >= 0.6 is 0 Å². The number of rotatable bonds is 6. The fourth-order valence-corrected chi connectivity index (χ4v) is 13.8. The van der Waals surface area contributed by atoms with Gasteiger partial charge >= 0.3 is 0 Å². The van der Waals surface area contributed by atoms with E-state index in [1.807, 2.05) is 0 Å². The number of anilines is 6. The van der Waals surface area contributed by atoms with E-state index in [1.165, 1.54) is 109 Å². The van der Waals surface area contributed by atoms with Crippen LogP contribution in [0.25, 0.3) is 75.8 Å². The first-order chi connectivity index (χ1) is 36.2. The zero-order chi connectivity index (χ0) is 49.5. The zero-order valence-corrected chi connectivity index (χ0v) is 42.1. The Bertz CT molecular complexity index is 4380. The predicted octanol–water partition coefficient (Wildman–Crippen LogP) is 20.0. The van der Waals surface area contributed by atoms with Gasteiger partial charge in [-0.25, -0.2) is 0 Å². The molecule has 0 aliphatic heterocycles. The molecule has 12 aromatic carbocycles. The lowest BCUT2D eigenvalue weighted by Crippen LogP contribution is -2.24. The summed E-state index contributed by atoms with van der Waals surface area (Å²) in [4.78, 5) is 4.99. The number of fused-ring (bicyclic) bond motifs is 16. The summed E-state index contributed by atoms with van der Waals surface area (Å²) < 4.78 is 0. The fourth-order valence-electron chi connectivity index (χ4n) is 13.8. The molecule has 3 aliphatic carbocycles. The zero-order valence-electron chi connectivity index (χ0n) is 42.1. The van der Waals surface area contributed by atoms with Gasteiger partial charge in [0.2, 0.25) is 0 Å². The molecule has 0 radical (unpaired) electrons. The Morgan fingerprint density at radius 2 is 0.851 bits per heavy atom. The maximum atomic E-state index is 2.51. The molecule has 0 bridgehead atoms. The second-order valence-corrected chi connectivity index (χ2v) is 22.1. The van der Waals surface area contributed by atoms with Crippen molar-refractivity contribution in [1.82, 2.24) is 0 Å². The van der Waals surface area contributed by atoms with Crippen LogP contribution in [-0.4, -0.2) is 0 Å². The van der Waals surface area contributed by atoms with Crippen LogP contribution in [0.3, 0.4) is 0 Å². The molecule has 0 spiro atoms. The van der Waals surface area contributed by atoms with Gasteiger partial charge in [-0.1, -0.05) is 210 Å². The number of nitrogens with zero attached hydrogens (tertiary/aromatic N) is 2. The second kappa shape index (κ2) is 15.9. The molecular formula is C72H54N2. The van der Waals surface area contributed by atoms with E-state index in [4.69, 9.17) is 0 Å². The predicted molar refractivity (Wildman–Crippen MR) is 316 cm³/mol. The van der Waals surface area contributed by atoms with Crippen LogP contribution in [-0.2, 0) is 10.8 Å². The van der Waals surface area contributed by atoms with Crippen LogP contribution in [0.15, 0.2) is 243 Å². The third-order valence-corrected chi connectivity index (χ3v) is 17.5. The molecule has 2 unspecified atom stereocenters. The second-order valence-electron chi connectivity index (χ2n) is 22.1. The van der Waals surface area contributed by atoms with E-state index < -0.39 is 0 Å². The molecule has 0 fully saturated rings. The summed E-state index contributed by atoms with van der Waals surface area (Å²) in [6.07, 6.45) is 9.28. The van der Waals surface area contributed by atoms with Gasteiger partial charge in [0, 0.05) is 44.9 Å². The normalized spacial score (nSPS) is 16.8. The van der Waals surface area contributed by atoms with Gasteiger partial charge in [-0.05, 0) is 159 Å². The first-order valence-electron chi connectivity index (χ1n) is 26.3. The number of hydrogen-bond acceptors (Lipinski definition) is 2. The highest BCUT2D eigenvalue weighted by atomic mass is 15.1. The summed E-state index contributed by atoms with van der Waals surface area (Å²) in [5.41, 5.74) is 15.1. The van der Waals surface area contributed by atoms with Crippen LogP contribution in [0, 0.1) is 5.92 Å². The first-order valence-corrected chi connectivity index (χ1v) is 26.3. The van der Waals surface area contributed by atoms with Crippen molar-refractivity contribution < 1.29 is 0 Å². The summed E-state index contributed by atoms with van der Waals surface area (Å²) in [6, 6.07) is 82.4. The van der Waals surface area contributed by atoms with Crippen molar-refractivity contribution in [2.24, 2.45) is 5.92 Å². The van der Waals surface area contributed by atoms with Gasteiger partial charge in [0.15, 0.2) is 0 Å². The quantitative estimate of drug-likeness (QED) is 0.153. The van der Waals surface area contributed by atoms with E-state index in [0.717, 1.165) is 22.7 Å². The maximum Gasteiger partial charge on any atom is 0.0540 e. The van der Waals surface area contributed by atoms with Crippen LogP contribution < -0.4 is 9.80 Å². The van der Waals surface area contributed by atoms with Gasteiger partial charge in [0.25, 0.3) is 0 Å². The number of hydrogen-bond donors (Lipinski definition) is 0. The third kappa shape index (κ3) is 6.18. The maximum absolute atomic E-state index is 2.51. The first kappa shape index (κ1) is 42.9. The highest BCUT2D eigenvalue weighted by molar-refractivity contribution is 6.32. The van der Waals surface area contributed by atoms with Gasteiger partial charge in [0.05, 0.1) is 11.4 Å². The third-order valence-electron chi connectivity index (χ3n) is 17.5. The molecule has 2 nitrogen and oxygen atoms in total. The lowest BCUT2D eigenvalue weighted by molar-refractivity contribution is 0.394. The minimum atomic E-state index is -0.124. The van der Waals surface area contributed by atoms with E-state index in [-0.39, 0.29) is 10.8 Å². The Balaban J connectivity index is 0.911. The molecule has 2 heteroatoms. The van der Waals surface area contributed by atoms with E-state index in [2.05, 4.69) is 280 Å². The number of benzene rings is 12. The molecule has 2 atom stereocenters. The highest BCUT2D eigenvalue weighted by Gasteiger charge is 2.45. The Labute approximate surface area is 432 Å². The lowest BCUT2D eigenvalue weighted by Gasteiger charge is -2.31. The van der Waals surface area contributed by atoms with E-state index in [9.17, 15) is 0 Å². The molecule has 352 valence electrons. The van der Waals surface area contributed by atoms with Crippen molar-refractivity contribution in [3.05, 3.63) is 265 Å². The summed E-state index contributed by atoms with van der Waals surface area (Å²) in [5.74, 6) is 0.832. The van der Waals surface area contributed by atoms with E-state index in [0.29, 0.717) is 11.8 Å². The monoisotopic (exact) mass is 946 g/mol. The largest absolute Gasteiger partial charge is 0.310 e. The molecule has 0 aromatic heterocycles. The molecule has 3 aliphatic rings. The summed E-state index contributed by atoms with van der Waals surface area (Å²) >= 11 is 0. The van der Waals surface area contributed by atoms with E-state index in [1.54, 1.807) is 0 Å². The average molecular weight is 947 g/mol. The molecule has 0 heterocycles. The molecule has 0 amide bonds. The molecule has 15 rings (SSSR count). The van der Waals surface area contributed by atoms with Gasteiger partial charge < -0.3 is 9.80 Å². The van der Waals surface area contributed by atoms with Crippen LogP contribution in [0.4, 0.5) is 34.1 Å². The molecular weight excluding hydrogens is 893 g/mol. The molecule has 0 N–H and O–H groups in total. The van der Waals surface area contributed by atoms with Crippen LogP contribution in [0.5, 0.6) is 0 Å². The SMILES string of the molecule is CC1(C)c2ccccc2-c2ccc(N(c3ccc4c(ccc5c6ccc(N(c7ccc8c(c7)C(C)(C)C7C=CC=CC87)c7cccc8ccccc78)cc6c6ccccc6c45)c3)c3cccc4ccccc34)cc21. The van der Waals surface area contributed by atoms with Crippen molar-refractivity contribution >= 4 is 98.8 Å². The van der Waals surface area contributed by atoms with Gasteiger partial charge in [-0.3, -0.25) is 0 Å². The lowest BCUT2D eigenvalue weighted by atomic mass is 9.74. The highest BCUT2D eigenvalue weighted by Crippen LogP contribution is 2.56. The van der Waals surface area contributed by atoms with Crippen molar-refractivity contribution in [3.8, 4) is 11.1 Å². The fraction of sp³-hybridized carbons (Fsp3) is 0.111. The number of allylic oxidation sites excluding steroid dienone is 4. The topological polar surface area (TPSA) is 6.48 Å². The minimum Gasteiger partial charge on any atom is -0.310 e. The molecule has 0 saturated carbocycles. The molecule has 74 heavy (non-hydrogen) atoms. The standard InChI is InChI=1S/C72H54N2/c1-71(2)64-27-13-11-24-57(64)59-39-34-50(43-66(59)71)73(68-29-15-19-45-17-5-7-21-52(45)68)48-32-37-54-47(41-48)31-36-62-56-38-33-49(42-63(56)55-23-9-10-26-61(55)70(54)62)74(69-30-16-20-46-18-6-8-22-53(46)69)51-35-40-60-58-25-12-14-28-65(58)72(3,4)67(60)44-51/h5-44,58,65H,1-4H3. The van der Waals surface area contributed by atoms with Crippen molar-refractivity contribution in [3.63, 3.8) is 0 Å². The van der Waals surface area contributed by atoms with Crippen LogP contribution in [0.1, 0.15) is 55.9 Å². The van der Waals surface area contributed by atoms with E-state index >= 15 is 0 Å². The Hall–Kier alpha value is -8.72. The Morgan fingerprint density at radius 1 is 0.338 bits per heavy atom. The van der Waals surface area contributed by atoms with Gasteiger partial charge in [-0.2, -0.15) is 0 Å². The Kier molecular flexibility index (Phi) is 9.21. The van der Waals surface area contributed by atoms with Crippen molar-refractivity contribution in [2.45, 2.75) is 44.4 Å². The van der Waals surface area contributed by atoms with Crippen LogP contribution in [0.2, 0.25) is 0 Å². The van der Waals surface area contributed by atoms with Crippen molar-refractivity contribution in [1.29, 1.82) is 0 Å². The summed E-state index contributed by atoms with van der Waals surface area (Å²) in [6.45, 7) is 9.60. The molecule has 0 saturated heterocycles.